The molecule has 4 heteroatoms. The van der Waals surface area contributed by atoms with Gasteiger partial charge in [0.25, 0.3) is 0 Å². The lowest BCUT2D eigenvalue weighted by molar-refractivity contribution is -0.0635. The van der Waals surface area contributed by atoms with Gasteiger partial charge in [-0.25, -0.2) is 0 Å². The van der Waals surface area contributed by atoms with Crippen LogP contribution in [0.15, 0.2) is 0 Å². The first-order valence-corrected chi connectivity index (χ1v) is 6.93. The van der Waals surface area contributed by atoms with Crippen LogP contribution in [0, 0.1) is 0 Å². The van der Waals surface area contributed by atoms with E-state index in [1.54, 1.807) is 0 Å². The van der Waals surface area contributed by atoms with Crippen molar-refractivity contribution in [1.29, 1.82) is 0 Å². The predicted octanol–water partition coefficient (Wildman–Crippen LogP) is 0.864. The van der Waals surface area contributed by atoms with Gasteiger partial charge in [-0.3, -0.25) is 4.90 Å². The van der Waals surface area contributed by atoms with Crippen molar-refractivity contribution in [3.8, 4) is 0 Å². The average Bonchev–Trinajstić information content (AvgIpc) is 2.35. The Hall–Kier alpha value is -0.160. The highest BCUT2D eigenvalue weighted by Gasteiger charge is 2.23. The van der Waals surface area contributed by atoms with Crippen LogP contribution in [-0.2, 0) is 9.47 Å². The first-order chi connectivity index (χ1) is 8.25. The maximum Gasteiger partial charge on any atom is 0.0674 e. The minimum atomic E-state index is 0.366. The van der Waals surface area contributed by atoms with Crippen molar-refractivity contribution >= 4 is 0 Å². The minimum absolute atomic E-state index is 0.366. The maximum absolute atomic E-state index is 5.95. The fourth-order valence-corrected chi connectivity index (χ4v) is 2.58. The first kappa shape index (κ1) is 13.3. The quantitative estimate of drug-likeness (QED) is 0.793. The fourth-order valence-electron chi connectivity index (χ4n) is 2.58. The van der Waals surface area contributed by atoms with E-state index in [0.717, 1.165) is 52.2 Å². The van der Waals surface area contributed by atoms with Gasteiger partial charge in [0.1, 0.15) is 0 Å². The Morgan fingerprint density at radius 1 is 1.29 bits per heavy atom. The van der Waals surface area contributed by atoms with Gasteiger partial charge < -0.3 is 14.8 Å². The fraction of sp³-hybridized carbons (Fsp3) is 1.00. The summed E-state index contributed by atoms with van der Waals surface area (Å²) in [5.41, 5.74) is 0. The van der Waals surface area contributed by atoms with Crippen LogP contribution in [0.5, 0.6) is 0 Å². The van der Waals surface area contributed by atoms with Gasteiger partial charge in [0.2, 0.25) is 0 Å². The molecule has 4 nitrogen and oxygen atoms in total. The van der Waals surface area contributed by atoms with E-state index in [1.807, 2.05) is 0 Å². The highest BCUT2D eigenvalue weighted by Crippen LogP contribution is 2.12. The lowest BCUT2D eigenvalue weighted by Crippen LogP contribution is -2.48. The predicted molar refractivity (Wildman–Crippen MR) is 68.3 cm³/mol. The summed E-state index contributed by atoms with van der Waals surface area (Å²) in [4.78, 5) is 2.48. The molecule has 2 unspecified atom stereocenters. The van der Waals surface area contributed by atoms with E-state index in [2.05, 4.69) is 24.1 Å². The van der Waals surface area contributed by atoms with Crippen molar-refractivity contribution < 1.29 is 9.47 Å². The van der Waals surface area contributed by atoms with Crippen LogP contribution >= 0.6 is 0 Å². The summed E-state index contributed by atoms with van der Waals surface area (Å²) in [6, 6.07) is 0.530. The zero-order valence-corrected chi connectivity index (χ0v) is 11.2. The van der Waals surface area contributed by atoms with Gasteiger partial charge in [0.15, 0.2) is 0 Å². The van der Waals surface area contributed by atoms with Crippen molar-refractivity contribution in [1.82, 2.24) is 10.2 Å². The molecule has 2 atom stereocenters. The van der Waals surface area contributed by atoms with Gasteiger partial charge in [-0.15, -0.1) is 0 Å². The molecular weight excluding hydrogens is 216 g/mol. The molecule has 0 bridgehead atoms. The van der Waals surface area contributed by atoms with E-state index in [1.165, 1.54) is 0 Å². The molecule has 0 spiro atoms. The third kappa shape index (κ3) is 4.21. The second-order valence-corrected chi connectivity index (χ2v) is 5.31. The van der Waals surface area contributed by atoms with Crippen LogP contribution in [-0.4, -0.2) is 62.5 Å². The number of hydrogen-bond donors (Lipinski definition) is 1. The molecule has 2 aliphatic heterocycles. The van der Waals surface area contributed by atoms with Crippen LogP contribution in [0.2, 0.25) is 0 Å². The van der Waals surface area contributed by atoms with E-state index in [-0.39, 0.29) is 0 Å². The first-order valence-electron chi connectivity index (χ1n) is 6.93. The van der Waals surface area contributed by atoms with Gasteiger partial charge in [0, 0.05) is 19.1 Å². The molecule has 1 N–H and O–H groups in total. The molecule has 2 saturated heterocycles. The SMILES string of the molecule is CC1CN(CCOC2CCNCC2)C(C)CO1. The van der Waals surface area contributed by atoms with Crippen LogP contribution < -0.4 is 5.32 Å². The van der Waals surface area contributed by atoms with E-state index in [9.17, 15) is 0 Å². The summed E-state index contributed by atoms with van der Waals surface area (Å²) in [5, 5.41) is 3.36. The van der Waals surface area contributed by atoms with E-state index < -0.39 is 0 Å². The Kier molecular flexibility index (Phi) is 5.22. The number of nitrogens with one attached hydrogen (secondary N) is 1. The van der Waals surface area contributed by atoms with Crippen LogP contribution in [0.25, 0.3) is 0 Å². The molecule has 0 aliphatic carbocycles. The maximum atomic E-state index is 5.95. The molecule has 0 radical (unpaired) electrons. The summed E-state index contributed by atoms with van der Waals surface area (Å²) in [6.07, 6.45) is 3.17. The Morgan fingerprint density at radius 3 is 2.82 bits per heavy atom. The van der Waals surface area contributed by atoms with Crippen LogP contribution in [0.1, 0.15) is 26.7 Å². The number of morpholine rings is 1. The van der Waals surface area contributed by atoms with E-state index in [4.69, 9.17) is 9.47 Å². The average molecular weight is 242 g/mol. The molecule has 0 aromatic rings. The zero-order valence-electron chi connectivity index (χ0n) is 11.2. The van der Waals surface area contributed by atoms with Crippen molar-refractivity contribution in [3.63, 3.8) is 0 Å². The third-order valence-electron chi connectivity index (χ3n) is 3.76. The summed E-state index contributed by atoms with van der Waals surface area (Å²) >= 11 is 0. The molecule has 2 heterocycles. The minimum Gasteiger partial charge on any atom is -0.377 e. The normalized spacial score (nSPS) is 32.8. The van der Waals surface area contributed by atoms with Gasteiger partial charge in [0.05, 0.1) is 25.4 Å². The summed E-state index contributed by atoms with van der Waals surface area (Å²) < 4.78 is 11.6. The third-order valence-corrected chi connectivity index (χ3v) is 3.76. The lowest BCUT2D eigenvalue weighted by Gasteiger charge is -2.37. The number of ether oxygens (including phenoxy) is 2. The number of rotatable bonds is 4. The van der Waals surface area contributed by atoms with Gasteiger partial charge >= 0.3 is 0 Å². The molecule has 100 valence electrons. The number of piperidine rings is 1. The molecule has 0 saturated carbocycles. The molecule has 2 aliphatic rings. The van der Waals surface area contributed by atoms with Gasteiger partial charge in [-0.05, 0) is 39.8 Å². The lowest BCUT2D eigenvalue weighted by atomic mass is 10.1. The van der Waals surface area contributed by atoms with E-state index in [0.29, 0.717) is 18.2 Å². The second kappa shape index (κ2) is 6.69. The molecular formula is C13H26N2O2. The van der Waals surface area contributed by atoms with Crippen molar-refractivity contribution in [3.05, 3.63) is 0 Å². The van der Waals surface area contributed by atoms with Crippen molar-refractivity contribution in [2.24, 2.45) is 0 Å². The standard InChI is InChI=1S/C13H26N2O2/c1-11-10-17-12(2)9-15(11)7-8-16-13-3-5-14-6-4-13/h11-14H,3-10H2,1-2H3. The summed E-state index contributed by atoms with van der Waals surface area (Å²) in [7, 11) is 0. The molecule has 2 fully saturated rings. The van der Waals surface area contributed by atoms with Crippen LogP contribution in [0.3, 0.4) is 0 Å². The molecule has 0 aromatic heterocycles. The van der Waals surface area contributed by atoms with Crippen LogP contribution in [0.4, 0.5) is 0 Å². The molecule has 2 rings (SSSR count). The topological polar surface area (TPSA) is 33.7 Å². The molecule has 0 aromatic carbocycles. The zero-order chi connectivity index (χ0) is 12.1. The number of nitrogens with zero attached hydrogens (tertiary/aromatic N) is 1. The Balaban J connectivity index is 1.63. The Labute approximate surface area is 105 Å². The van der Waals surface area contributed by atoms with Gasteiger partial charge in [-0.2, -0.15) is 0 Å². The monoisotopic (exact) mass is 242 g/mol. The smallest absolute Gasteiger partial charge is 0.0674 e. The highest BCUT2D eigenvalue weighted by molar-refractivity contribution is 4.75. The Bertz CT molecular complexity index is 219. The number of hydrogen-bond acceptors (Lipinski definition) is 4. The Morgan fingerprint density at radius 2 is 2.06 bits per heavy atom. The molecule has 0 amide bonds. The van der Waals surface area contributed by atoms with Crippen molar-refractivity contribution in [2.45, 2.75) is 44.9 Å². The van der Waals surface area contributed by atoms with Gasteiger partial charge in [-0.1, -0.05) is 0 Å². The summed E-state index contributed by atoms with van der Waals surface area (Å²) in [6.45, 7) is 10.4. The highest BCUT2D eigenvalue weighted by atomic mass is 16.5. The van der Waals surface area contributed by atoms with Crippen molar-refractivity contribution in [2.75, 3.05) is 39.4 Å². The second-order valence-electron chi connectivity index (χ2n) is 5.31. The van der Waals surface area contributed by atoms with E-state index >= 15 is 0 Å². The molecule has 17 heavy (non-hydrogen) atoms. The summed E-state index contributed by atoms with van der Waals surface area (Å²) in [5.74, 6) is 0. The largest absolute Gasteiger partial charge is 0.377 e.